The van der Waals surface area contributed by atoms with Gasteiger partial charge < -0.3 is 9.47 Å². The number of fused-ring (bicyclic) bond motifs is 1. The van der Waals surface area contributed by atoms with E-state index in [1.54, 1.807) is 31.4 Å². The molecule has 0 spiro atoms. The van der Waals surface area contributed by atoms with E-state index >= 15 is 0 Å². The minimum atomic E-state index is -0.206. The number of benzene rings is 2. The molecule has 1 aromatic heterocycles. The van der Waals surface area contributed by atoms with Crippen molar-refractivity contribution in [3.8, 4) is 11.5 Å². The molecule has 3 aromatic rings. The Morgan fingerprint density at radius 3 is 2.54 bits per heavy atom. The predicted octanol–water partition coefficient (Wildman–Crippen LogP) is 3.79. The van der Waals surface area contributed by atoms with E-state index in [4.69, 9.17) is 32.7 Å². The molecular weight excluding hydrogens is 351 g/mol. The van der Waals surface area contributed by atoms with Crippen molar-refractivity contribution in [1.29, 1.82) is 0 Å². The van der Waals surface area contributed by atoms with Crippen molar-refractivity contribution in [3.05, 3.63) is 63.1 Å². The number of nitrogens with zero attached hydrogens (tertiary/aromatic N) is 2. The molecule has 0 amide bonds. The maximum Gasteiger partial charge on any atom is 0.261 e. The molecule has 0 atom stereocenters. The van der Waals surface area contributed by atoms with Crippen LogP contribution in [-0.2, 0) is 6.54 Å². The van der Waals surface area contributed by atoms with Crippen molar-refractivity contribution in [2.45, 2.75) is 6.54 Å². The molecule has 0 saturated heterocycles. The first-order chi connectivity index (χ1) is 11.6. The van der Waals surface area contributed by atoms with E-state index in [-0.39, 0.29) is 5.56 Å². The second-order valence-electron chi connectivity index (χ2n) is 5.05. The zero-order valence-corrected chi connectivity index (χ0v) is 14.3. The minimum Gasteiger partial charge on any atom is -0.497 e. The van der Waals surface area contributed by atoms with Crippen molar-refractivity contribution in [3.63, 3.8) is 0 Å². The number of hydrogen-bond donors (Lipinski definition) is 0. The van der Waals surface area contributed by atoms with Crippen LogP contribution in [0.2, 0.25) is 10.0 Å². The normalized spacial score (nSPS) is 10.8. The van der Waals surface area contributed by atoms with Gasteiger partial charge in [-0.2, -0.15) is 0 Å². The summed E-state index contributed by atoms with van der Waals surface area (Å²) in [4.78, 5) is 16.7. The van der Waals surface area contributed by atoms with Gasteiger partial charge in [0.1, 0.15) is 18.1 Å². The fraction of sp³-hybridized carbons (Fsp3) is 0.176. The van der Waals surface area contributed by atoms with Gasteiger partial charge in [0, 0.05) is 5.02 Å². The molecule has 2 aromatic carbocycles. The molecule has 0 N–H and O–H groups in total. The van der Waals surface area contributed by atoms with Gasteiger partial charge in [-0.3, -0.25) is 9.36 Å². The van der Waals surface area contributed by atoms with Gasteiger partial charge in [-0.05, 0) is 36.4 Å². The molecule has 5 nitrogen and oxygen atoms in total. The maximum absolute atomic E-state index is 12.5. The molecule has 0 aliphatic carbocycles. The van der Waals surface area contributed by atoms with Gasteiger partial charge in [0.15, 0.2) is 0 Å². The highest BCUT2D eigenvalue weighted by Gasteiger charge is 2.09. The first kappa shape index (κ1) is 16.6. The SMILES string of the molecule is COc1ccc(OCCn2cnc3c(Cl)cc(Cl)cc3c2=O)cc1. The van der Waals surface area contributed by atoms with Crippen LogP contribution >= 0.6 is 23.2 Å². The molecular formula is C17H14Cl2N2O3. The third-order valence-corrected chi connectivity index (χ3v) is 4.01. The lowest BCUT2D eigenvalue weighted by Gasteiger charge is -2.10. The summed E-state index contributed by atoms with van der Waals surface area (Å²) in [6, 6.07) is 10.4. The summed E-state index contributed by atoms with van der Waals surface area (Å²) in [6.07, 6.45) is 1.46. The van der Waals surface area contributed by atoms with E-state index in [2.05, 4.69) is 4.98 Å². The number of aromatic nitrogens is 2. The van der Waals surface area contributed by atoms with Crippen LogP contribution in [0.3, 0.4) is 0 Å². The minimum absolute atomic E-state index is 0.206. The number of methoxy groups -OCH3 is 1. The zero-order valence-electron chi connectivity index (χ0n) is 12.8. The van der Waals surface area contributed by atoms with E-state index in [0.29, 0.717) is 39.8 Å². The maximum atomic E-state index is 12.5. The topological polar surface area (TPSA) is 53.4 Å². The highest BCUT2D eigenvalue weighted by atomic mass is 35.5. The third kappa shape index (κ3) is 3.47. The van der Waals surface area contributed by atoms with Crippen molar-refractivity contribution in [2.75, 3.05) is 13.7 Å². The van der Waals surface area contributed by atoms with E-state index in [0.717, 1.165) is 5.75 Å². The molecule has 0 saturated carbocycles. The highest BCUT2D eigenvalue weighted by Crippen LogP contribution is 2.24. The molecule has 0 unspecified atom stereocenters. The smallest absolute Gasteiger partial charge is 0.261 e. The summed E-state index contributed by atoms with van der Waals surface area (Å²) in [6.45, 7) is 0.686. The zero-order chi connectivity index (χ0) is 17.1. The van der Waals surface area contributed by atoms with Gasteiger partial charge >= 0.3 is 0 Å². The van der Waals surface area contributed by atoms with Crippen LogP contribution in [0.4, 0.5) is 0 Å². The first-order valence-electron chi connectivity index (χ1n) is 7.19. The standard InChI is InChI=1S/C17H14Cl2N2O3/c1-23-12-2-4-13(5-3-12)24-7-6-21-10-20-16-14(17(21)22)8-11(18)9-15(16)19/h2-5,8-10H,6-7H2,1H3. The van der Waals surface area contributed by atoms with Crippen LogP contribution in [-0.4, -0.2) is 23.3 Å². The van der Waals surface area contributed by atoms with E-state index in [1.807, 2.05) is 12.1 Å². The lowest BCUT2D eigenvalue weighted by atomic mass is 10.2. The first-order valence-corrected chi connectivity index (χ1v) is 7.95. The molecule has 0 fully saturated rings. The predicted molar refractivity (Wildman–Crippen MR) is 94.5 cm³/mol. The number of rotatable bonds is 5. The average Bonchev–Trinajstić information content (AvgIpc) is 2.58. The Bertz CT molecular complexity index is 924. The quantitative estimate of drug-likeness (QED) is 0.690. The van der Waals surface area contributed by atoms with Crippen LogP contribution in [0.1, 0.15) is 0 Å². The molecule has 3 rings (SSSR count). The Morgan fingerprint density at radius 1 is 1.12 bits per heavy atom. The van der Waals surface area contributed by atoms with Crippen molar-refractivity contribution in [1.82, 2.24) is 9.55 Å². The Hall–Kier alpha value is -2.24. The van der Waals surface area contributed by atoms with Gasteiger partial charge in [-0.15, -0.1) is 0 Å². The number of halogens is 2. The Balaban J connectivity index is 1.75. The molecule has 0 aliphatic heterocycles. The summed E-state index contributed by atoms with van der Waals surface area (Å²) >= 11 is 12.0. The van der Waals surface area contributed by atoms with Crippen molar-refractivity contribution in [2.24, 2.45) is 0 Å². The van der Waals surface area contributed by atoms with Crippen LogP contribution in [0.5, 0.6) is 11.5 Å². The lowest BCUT2D eigenvalue weighted by Crippen LogP contribution is -2.23. The summed E-state index contributed by atoms with van der Waals surface area (Å²) in [7, 11) is 1.60. The number of ether oxygens (including phenoxy) is 2. The summed E-state index contributed by atoms with van der Waals surface area (Å²) in [5.41, 5.74) is 0.237. The Labute approximate surface area is 148 Å². The molecule has 1 heterocycles. The van der Waals surface area contributed by atoms with Crippen LogP contribution in [0.15, 0.2) is 47.5 Å². The van der Waals surface area contributed by atoms with Gasteiger partial charge in [0.25, 0.3) is 5.56 Å². The lowest BCUT2D eigenvalue weighted by molar-refractivity contribution is 0.295. The highest BCUT2D eigenvalue weighted by molar-refractivity contribution is 6.38. The van der Waals surface area contributed by atoms with Gasteiger partial charge in [0.2, 0.25) is 0 Å². The molecule has 0 bridgehead atoms. The van der Waals surface area contributed by atoms with Crippen LogP contribution < -0.4 is 15.0 Å². The largest absolute Gasteiger partial charge is 0.497 e. The monoisotopic (exact) mass is 364 g/mol. The fourth-order valence-corrected chi connectivity index (χ4v) is 2.83. The van der Waals surface area contributed by atoms with Gasteiger partial charge in [0.05, 0.1) is 35.9 Å². The van der Waals surface area contributed by atoms with E-state index in [9.17, 15) is 4.79 Å². The third-order valence-electron chi connectivity index (χ3n) is 3.51. The van der Waals surface area contributed by atoms with Crippen molar-refractivity contribution < 1.29 is 9.47 Å². The van der Waals surface area contributed by atoms with Crippen LogP contribution in [0, 0.1) is 0 Å². The molecule has 0 aliphatic rings. The van der Waals surface area contributed by atoms with Gasteiger partial charge in [-0.1, -0.05) is 23.2 Å². The molecule has 7 heteroatoms. The van der Waals surface area contributed by atoms with E-state index in [1.165, 1.54) is 10.9 Å². The molecule has 24 heavy (non-hydrogen) atoms. The summed E-state index contributed by atoms with van der Waals surface area (Å²) in [5.74, 6) is 1.45. The Morgan fingerprint density at radius 2 is 1.83 bits per heavy atom. The fourth-order valence-electron chi connectivity index (χ4n) is 2.29. The Kier molecular flexibility index (Phi) is 4.92. The van der Waals surface area contributed by atoms with E-state index < -0.39 is 0 Å². The van der Waals surface area contributed by atoms with Crippen molar-refractivity contribution >= 4 is 34.1 Å². The number of hydrogen-bond acceptors (Lipinski definition) is 4. The second-order valence-corrected chi connectivity index (χ2v) is 5.89. The summed E-state index contributed by atoms with van der Waals surface area (Å²) in [5, 5.41) is 1.15. The van der Waals surface area contributed by atoms with Crippen LogP contribution in [0.25, 0.3) is 10.9 Å². The molecule has 124 valence electrons. The molecule has 0 radical (unpaired) electrons. The second kappa shape index (κ2) is 7.11. The average molecular weight is 365 g/mol. The van der Waals surface area contributed by atoms with Gasteiger partial charge in [-0.25, -0.2) is 4.98 Å². The summed E-state index contributed by atoms with van der Waals surface area (Å²) < 4.78 is 12.2.